The van der Waals surface area contributed by atoms with E-state index in [1.165, 1.54) is 22.7 Å². The van der Waals surface area contributed by atoms with E-state index in [4.69, 9.17) is 5.11 Å². The highest BCUT2D eigenvalue weighted by molar-refractivity contribution is 7.17. The first-order valence-electron chi connectivity index (χ1n) is 7.18. The van der Waals surface area contributed by atoms with Gasteiger partial charge in [0.1, 0.15) is 11.6 Å². The zero-order valence-corrected chi connectivity index (χ0v) is 14.9. The Bertz CT molecular complexity index is 931. The highest BCUT2D eigenvalue weighted by Gasteiger charge is 2.33. The third kappa shape index (κ3) is 4.08. The van der Waals surface area contributed by atoms with Crippen molar-refractivity contribution < 1.29 is 23.1 Å². The molecule has 7 nitrogen and oxygen atoms in total. The zero-order valence-electron chi connectivity index (χ0n) is 13.2. The summed E-state index contributed by atoms with van der Waals surface area (Å²) >= 11 is 2.49. The lowest BCUT2D eigenvalue weighted by Crippen LogP contribution is -2.17. The van der Waals surface area contributed by atoms with Crippen molar-refractivity contribution in [2.24, 2.45) is 0 Å². The molecule has 0 fully saturated rings. The molecule has 12 heteroatoms. The van der Waals surface area contributed by atoms with E-state index in [9.17, 15) is 18.0 Å². The number of carbonyl (C=O) groups excluding carboxylic acids is 1. The average molecular weight is 403 g/mol. The molecule has 1 amide bonds. The highest BCUT2D eigenvalue weighted by Crippen LogP contribution is 2.32. The number of nitrogens with zero attached hydrogens (tertiary/aromatic N) is 4. The molecule has 0 radical (unpaired) electrons. The van der Waals surface area contributed by atoms with E-state index in [0.29, 0.717) is 15.8 Å². The number of rotatable bonds is 5. The van der Waals surface area contributed by atoms with Crippen molar-refractivity contribution in [2.75, 3.05) is 5.32 Å². The summed E-state index contributed by atoms with van der Waals surface area (Å²) in [6.07, 6.45) is -2.83. The number of aromatic nitrogens is 4. The normalized spacial score (nSPS) is 11.7. The predicted molar refractivity (Wildman–Crippen MR) is 89.7 cm³/mol. The van der Waals surface area contributed by atoms with E-state index in [1.54, 1.807) is 12.3 Å². The fraction of sp³-hybridized carbons (Fsp3) is 0.286. The molecule has 2 N–H and O–H groups in total. The molecule has 0 aromatic carbocycles. The maximum atomic E-state index is 12.5. The van der Waals surface area contributed by atoms with Gasteiger partial charge in [0.15, 0.2) is 10.8 Å². The van der Waals surface area contributed by atoms with Gasteiger partial charge in [0, 0.05) is 11.6 Å². The van der Waals surface area contributed by atoms with Crippen LogP contribution in [0.25, 0.3) is 10.6 Å². The first-order valence-corrected chi connectivity index (χ1v) is 8.87. The van der Waals surface area contributed by atoms with Crippen molar-refractivity contribution in [1.29, 1.82) is 0 Å². The number of alkyl halides is 3. The van der Waals surface area contributed by atoms with E-state index in [-0.39, 0.29) is 13.2 Å². The molecule has 3 aromatic rings. The largest absolute Gasteiger partial charge is 0.434 e. The van der Waals surface area contributed by atoms with Crippen molar-refractivity contribution >= 4 is 33.7 Å². The maximum absolute atomic E-state index is 12.5. The minimum absolute atomic E-state index is 0.163. The van der Waals surface area contributed by atoms with Gasteiger partial charge in [-0.1, -0.05) is 0 Å². The summed E-state index contributed by atoms with van der Waals surface area (Å²) in [6.45, 7) is 1.32. The molecule has 0 bridgehead atoms. The number of hydrogen-bond acceptors (Lipinski definition) is 7. The molecular weight excluding hydrogens is 391 g/mol. The number of hydrogen-bond donors (Lipinski definition) is 2. The van der Waals surface area contributed by atoms with Crippen molar-refractivity contribution in [3.8, 4) is 10.6 Å². The van der Waals surface area contributed by atoms with E-state index in [0.717, 1.165) is 27.7 Å². The van der Waals surface area contributed by atoms with Gasteiger partial charge in [-0.25, -0.2) is 15.0 Å². The van der Waals surface area contributed by atoms with E-state index in [1.807, 2.05) is 0 Å². The second-order valence-electron chi connectivity index (χ2n) is 5.20. The Kier molecular flexibility index (Phi) is 5.07. The predicted octanol–water partition coefficient (Wildman–Crippen LogP) is 2.92. The zero-order chi connectivity index (χ0) is 18.9. The van der Waals surface area contributed by atoms with Gasteiger partial charge in [-0.15, -0.1) is 22.7 Å². The van der Waals surface area contributed by atoms with Crippen LogP contribution in [0, 0.1) is 6.92 Å². The number of imidazole rings is 1. The van der Waals surface area contributed by atoms with Crippen LogP contribution in [0.2, 0.25) is 0 Å². The summed E-state index contributed by atoms with van der Waals surface area (Å²) < 4.78 is 38.6. The number of aryl methyl sites for hydroxylation is 1. The van der Waals surface area contributed by atoms with Crippen LogP contribution < -0.4 is 5.32 Å². The van der Waals surface area contributed by atoms with E-state index >= 15 is 0 Å². The van der Waals surface area contributed by atoms with Crippen LogP contribution in [0.5, 0.6) is 0 Å². The Morgan fingerprint density at radius 3 is 2.77 bits per heavy atom. The third-order valence-electron chi connectivity index (χ3n) is 3.21. The second kappa shape index (κ2) is 7.13. The number of thiazole rings is 2. The monoisotopic (exact) mass is 403 g/mol. The first-order chi connectivity index (χ1) is 12.3. The Morgan fingerprint density at radius 2 is 2.15 bits per heavy atom. The fourth-order valence-electron chi connectivity index (χ4n) is 2.11. The van der Waals surface area contributed by atoms with Gasteiger partial charge >= 0.3 is 6.18 Å². The van der Waals surface area contributed by atoms with Crippen LogP contribution in [0.4, 0.5) is 18.3 Å². The standard InChI is InChI=1S/C14H12F3N5O2S2/c1-7-12(26-11(4-23)19-7)8-5-25-13(20-8)21-10(24)3-22-2-9(18-6-22)14(15,16)17/h2,5-6,23H,3-4H2,1H3,(H,20,21,24). The molecule has 0 spiro atoms. The summed E-state index contributed by atoms with van der Waals surface area (Å²) in [5, 5.41) is 14.3. The molecule has 3 heterocycles. The van der Waals surface area contributed by atoms with Crippen molar-refractivity contribution in [3.63, 3.8) is 0 Å². The molecule has 0 saturated heterocycles. The molecule has 26 heavy (non-hydrogen) atoms. The molecule has 0 aliphatic carbocycles. The molecule has 3 aromatic heterocycles. The van der Waals surface area contributed by atoms with E-state index < -0.39 is 17.8 Å². The fourth-order valence-corrected chi connectivity index (χ4v) is 3.79. The van der Waals surface area contributed by atoms with Crippen molar-refractivity contribution in [2.45, 2.75) is 26.3 Å². The Morgan fingerprint density at radius 1 is 1.38 bits per heavy atom. The maximum Gasteiger partial charge on any atom is 0.434 e. The number of aliphatic hydroxyl groups is 1. The number of halogens is 3. The Labute approximate surface area is 153 Å². The van der Waals surface area contributed by atoms with E-state index in [2.05, 4.69) is 20.3 Å². The topological polar surface area (TPSA) is 92.9 Å². The molecule has 0 atom stereocenters. The van der Waals surface area contributed by atoms with Gasteiger partial charge in [0.05, 0.1) is 29.2 Å². The molecular formula is C14H12F3N5O2S2. The van der Waals surface area contributed by atoms with Gasteiger partial charge in [0.25, 0.3) is 0 Å². The highest BCUT2D eigenvalue weighted by atomic mass is 32.1. The van der Waals surface area contributed by atoms with Crippen LogP contribution in [0.15, 0.2) is 17.9 Å². The molecule has 0 unspecified atom stereocenters. The lowest BCUT2D eigenvalue weighted by atomic mass is 10.3. The number of aliphatic hydroxyl groups excluding tert-OH is 1. The number of carbonyl (C=O) groups is 1. The minimum atomic E-state index is -4.55. The van der Waals surface area contributed by atoms with Gasteiger partial charge in [-0.3, -0.25) is 4.79 Å². The summed E-state index contributed by atoms with van der Waals surface area (Å²) in [5.41, 5.74) is 0.282. The van der Waals surface area contributed by atoms with Crippen molar-refractivity contribution in [1.82, 2.24) is 19.5 Å². The molecule has 0 saturated carbocycles. The average Bonchev–Trinajstić information content (AvgIpc) is 3.26. The molecule has 0 aliphatic heterocycles. The van der Waals surface area contributed by atoms with Gasteiger partial charge in [-0.05, 0) is 6.92 Å². The van der Waals surface area contributed by atoms with Gasteiger partial charge in [-0.2, -0.15) is 13.2 Å². The van der Waals surface area contributed by atoms with Crippen LogP contribution in [-0.2, 0) is 24.1 Å². The Balaban J connectivity index is 1.66. The van der Waals surface area contributed by atoms with Crippen LogP contribution in [-0.4, -0.2) is 30.5 Å². The molecule has 3 rings (SSSR count). The van der Waals surface area contributed by atoms with Gasteiger partial charge in [0.2, 0.25) is 5.91 Å². The quantitative estimate of drug-likeness (QED) is 0.683. The molecule has 0 aliphatic rings. The van der Waals surface area contributed by atoms with Crippen molar-refractivity contribution in [3.05, 3.63) is 34.3 Å². The summed E-state index contributed by atoms with van der Waals surface area (Å²) in [6, 6.07) is 0. The Hall–Kier alpha value is -2.31. The third-order valence-corrected chi connectivity index (χ3v) is 5.13. The van der Waals surface area contributed by atoms with Crippen LogP contribution in [0.1, 0.15) is 16.4 Å². The SMILES string of the molecule is Cc1nc(CO)sc1-c1csc(NC(=O)Cn2cnc(C(F)(F)F)c2)n1. The summed E-state index contributed by atoms with van der Waals surface area (Å²) in [4.78, 5) is 24.5. The minimum Gasteiger partial charge on any atom is -0.389 e. The lowest BCUT2D eigenvalue weighted by Gasteiger charge is -2.03. The summed E-state index contributed by atoms with van der Waals surface area (Å²) in [5.74, 6) is -0.519. The number of nitrogens with one attached hydrogen (secondary N) is 1. The first kappa shape index (κ1) is 18.5. The lowest BCUT2D eigenvalue weighted by molar-refractivity contribution is -0.141. The molecule has 138 valence electrons. The number of anilines is 1. The smallest absolute Gasteiger partial charge is 0.389 e. The number of amides is 1. The summed E-state index contributed by atoms with van der Waals surface area (Å²) in [7, 11) is 0. The second-order valence-corrected chi connectivity index (χ2v) is 7.14. The van der Waals surface area contributed by atoms with Crippen LogP contribution in [0.3, 0.4) is 0 Å². The van der Waals surface area contributed by atoms with Crippen LogP contribution >= 0.6 is 22.7 Å². The van der Waals surface area contributed by atoms with Gasteiger partial charge < -0.3 is 15.0 Å².